The number of ketones is 1. The molecule has 3 heteroatoms. The summed E-state index contributed by atoms with van der Waals surface area (Å²) < 4.78 is 5.00. The van der Waals surface area contributed by atoms with Gasteiger partial charge in [-0.05, 0) is 19.3 Å². The van der Waals surface area contributed by atoms with Crippen molar-refractivity contribution in [2.45, 2.75) is 219 Å². The Bertz CT molecular complexity index is 570. The molecule has 0 amide bonds. The number of hydrogen-bond donors (Lipinski definition) is 0. The van der Waals surface area contributed by atoms with Crippen LogP contribution >= 0.6 is 0 Å². The van der Waals surface area contributed by atoms with Crippen LogP contribution in [0.1, 0.15) is 219 Å². The molecule has 0 atom stereocenters. The van der Waals surface area contributed by atoms with E-state index in [9.17, 15) is 9.59 Å². The van der Waals surface area contributed by atoms with Crippen LogP contribution in [0.15, 0.2) is 12.7 Å². The molecule has 3 nitrogen and oxygen atoms in total. The number of carbonyl (C=O) groups is 2. The van der Waals surface area contributed by atoms with E-state index in [4.69, 9.17) is 4.74 Å². The molecule has 0 bridgehead atoms. The van der Waals surface area contributed by atoms with Crippen molar-refractivity contribution >= 4 is 11.8 Å². The van der Waals surface area contributed by atoms with E-state index in [0.717, 1.165) is 38.5 Å². The van der Waals surface area contributed by atoms with Gasteiger partial charge in [-0.2, -0.15) is 0 Å². The third-order valence-corrected chi connectivity index (χ3v) is 8.82. The molecule has 0 spiro atoms. The van der Waals surface area contributed by atoms with Gasteiger partial charge in [-0.25, -0.2) is 4.79 Å². The van der Waals surface area contributed by atoms with Crippen molar-refractivity contribution in [3.05, 3.63) is 12.7 Å². The van der Waals surface area contributed by atoms with Gasteiger partial charge in [-0.15, -0.1) is 0 Å². The van der Waals surface area contributed by atoms with Crippen molar-refractivity contribution in [1.29, 1.82) is 0 Å². The van der Waals surface area contributed by atoms with Crippen LogP contribution in [-0.4, -0.2) is 18.4 Å². The first-order valence-electron chi connectivity index (χ1n) is 19.0. The zero-order valence-electron chi connectivity index (χ0n) is 28.6. The molecular formula is C39H74O3. The Morgan fingerprint density at radius 1 is 0.429 bits per heavy atom. The molecule has 248 valence electrons. The fourth-order valence-corrected chi connectivity index (χ4v) is 5.95. The smallest absolute Gasteiger partial charge is 0.330 e. The molecule has 0 aliphatic heterocycles. The van der Waals surface area contributed by atoms with E-state index in [2.05, 4.69) is 13.5 Å². The monoisotopic (exact) mass is 591 g/mol. The predicted molar refractivity (Wildman–Crippen MR) is 184 cm³/mol. The van der Waals surface area contributed by atoms with Gasteiger partial charge in [0, 0.05) is 18.9 Å². The first-order valence-corrected chi connectivity index (χ1v) is 19.0. The molecule has 0 aromatic rings. The van der Waals surface area contributed by atoms with Crippen molar-refractivity contribution in [1.82, 2.24) is 0 Å². The molecule has 0 aromatic heterocycles. The molecule has 0 aliphatic rings. The molecular weight excluding hydrogens is 516 g/mol. The fourth-order valence-electron chi connectivity index (χ4n) is 5.95. The largest absolute Gasteiger partial charge is 0.463 e. The second kappa shape index (κ2) is 36.1. The van der Waals surface area contributed by atoms with Crippen molar-refractivity contribution in [2.24, 2.45) is 0 Å². The molecule has 0 saturated carbocycles. The van der Waals surface area contributed by atoms with E-state index in [1.807, 2.05) is 0 Å². The first-order chi connectivity index (χ1) is 20.7. The maximum Gasteiger partial charge on any atom is 0.330 e. The van der Waals surface area contributed by atoms with Crippen molar-refractivity contribution in [3.8, 4) is 0 Å². The van der Waals surface area contributed by atoms with Gasteiger partial charge in [0.05, 0.1) is 6.61 Å². The van der Waals surface area contributed by atoms with Crippen LogP contribution < -0.4 is 0 Å². The quantitative estimate of drug-likeness (QED) is 0.0414. The molecule has 0 fully saturated rings. The van der Waals surface area contributed by atoms with Crippen LogP contribution in [-0.2, 0) is 14.3 Å². The lowest BCUT2D eigenvalue weighted by Gasteiger charge is -2.05. The van der Waals surface area contributed by atoms with Crippen LogP contribution in [0.3, 0.4) is 0 Å². The Balaban J connectivity index is 3.16. The van der Waals surface area contributed by atoms with Gasteiger partial charge in [0.15, 0.2) is 0 Å². The highest BCUT2D eigenvalue weighted by Gasteiger charge is 2.02. The first kappa shape index (κ1) is 40.9. The van der Waals surface area contributed by atoms with Gasteiger partial charge in [0.25, 0.3) is 0 Å². The highest BCUT2D eigenvalue weighted by Crippen LogP contribution is 2.16. The minimum absolute atomic E-state index is 0.307. The third-order valence-electron chi connectivity index (χ3n) is 8.82. The topological polar surface area (TPSA) is 43.4 Å². The van der Waals surface area contributed by atoms with Crippen LogP contribution in [0.4, 0.5) is 0 Å². The predicted octanol–water partition coefficient (Wildman–Crippen LogP) is 13.2. The lowest BCUT2D eigenvalue weighted by molar-refractivity contribution is -0.137. The molecule has 0 saturated heterocycles. The summed E-state index contributed by atoms with van der Waals surface area (Å²) in [6.45, 7) is 6.23. The minimum atomic E-state index is -0.307. The Morgan fingerprint density at radius 3 is 0.976 bits per heavy atom. The van der Waals surface area contributed by atoms with E-state index in [1.54, 1.807) is 0 Å². The maximum atomic E-state index is 12.2. The SMILES string of the molecule is C=CC(=O)OCCCCCCCCCCCCCCCCCCC(=O)CCCCCCCCCCCCCCCCC. The molecule has 0 heterocycles. The van der Waals surface area contributed by atoms with Gasteiger partial charge in [-0.3, -0.25) is 4.79 Å². The summed E-state index contributed by atoms with van der Waals surface area (Å²) in [5.41, 5.74) is 0. The van der Waals surface area contributed by atoms with Crippen LogP contribution in [0, 0.1) is 0 Å². The normalized spacial score (nSPS) is 11.2. The number of rotatable bonds is 36. The zero-order chi connectivity index (χ0) is 30.6. The summed E-state index contributed by atoms with van der Waals surface area (Å²) in [7, 11) is 0. The fraction of sp³-hybridized carbons (Fsp3) is 0.897. The third kappa shape index (κ3) is 35.1. The van der Waals surface area contributed by atoms with Gasteiger partial charge >= 0.3 is 5.97 Å². The van der Waals surface area contributed by atoms with Gasteiger partial charge in [0.1, 0.15) is 5.78 Å². The number of carbonyl (C=O) groups excluding carboxylic acids is 2. The average Bonchev–Trinajstić information content (AvgIpc) is 3.00. The molecule has 0 radical (unpaired) electrons. The summed E-state index contributed by atoms with van der Waals surface area (Å²) in [4.78, 5) is 23.1. The molecule has 0 aliphatic carbocycles. The summed E-state index contributed by atoms with van der Waals surface area (Å²) in [5, 5.41) is 0. The van der Waals surface area contributed by atoms with Gasteiger partial charge in [0.2, 0.25) is 0 Å². The maximum absolute atomic E-state index is 12.2. The number of hydrogen-bond acceptors (Lipinski definition) is 3. The number of ether oxygens (including phenoxy) is 1. The Labute approximate surface area is 263 Å². The molecule has 0 unspecified atom stereocenters. The van der Waals surface area contributed by atoms with Crippen LogP contribution in [0.2, 0.25) is 0 Å². The number of unbranched alkanes of at least 4 members (excludes halogenated alkanes) is 29. The van der Waals surface area contributed by atoms with Crippen molar-refractivity contribution < 1.29 is 14.3 Å². The summed E-state index contributed by atoms with van der Waals surface area (Å²) in [6.07, 6.45) is 44.3. The van der Waals surface area contributed by atoms with E-state index in [0.29, 0.717) is 12.4 Å². The average molecular weight is 591 g/mol. The Hall–Kier alpha value is -1.12. The second-order valence-corrected chi connectivity index (χ2v) is 13.0. The number of esters is 1. The molecule has 0 N–H and O–H groups in total. The second-order valence-electron chi connectivity index (χ2n) is 13.0. The summed E-state index contributed by atoms with van der Waals surface area (Å²) >= 11 is 0. The molecule has 0 aromatic carbocycles. The molecule has 42 heavy (non-hydrogen) atoms. The number of Topliss-reactive ketones (excluding diaryl/α,β-unsaturated/α-hetero) is 1. The van der Waals surface area contributed by atoms with Crippen molar-refractivity contribution in [2.75, 3.05) is 6.61 Å². The Kier molecular flexibility index (Phi) is 35.1. The Morgan fingerprint density at radius 2 is 0.690 bits per heavy atom. The van der Waals surface area contributed by atoms with Crippen LogP contribution in [0.5, 0.6) is 0 Å². The van der Waals surface area contributed by atoms with E-state index < -0.39 is 0 Å². The van der Waals surface area contributed by atoms with E-state index in [-0.39, 0.29) is 5.97 Å². The van der Waals surface area contributed by atoms with Gasteiger partial charge in [-0.1, -0.05) is 193 Å². The van der Waals surface area contributed by atoms with Gasteiger partial charge < -0.3 is 4.74 Å². The standard InChI is InChI=1S/C39H74O3/c1-3-5-6-7-8-9-10-11-14-17-20-23-26-29-32-35-38(40)36-33-30-27-24-21-18-15-12-13-16-19-22-25-28-31-34-37-42-39(41)4-2/h4H,2-3,5-37H2,1H3. The molecule has 0 rings (SSSR count). The summed E-state index contributed by atoms with van der Waals surface area (Å²) in [6, 6.07) is 0. The highest BCUT2D eigenvalue weighted by molar-refractivity contribution is 5.81. The lowest BCUT2D eigenvalue weighted by Crippen LogP contribution is -2.01. The highest BCUT2D eigenvalue weighted by atomic mass is 16.5. The summed E-state index contributed by atoms with van der Waals surface area (Å²) in [5.74, 6) is 0.204. The van der Waals surface area contributed by atoms with E-state index in [1.165, 1.54) is 179 Å². The minimum Gasteiger partial charge on any atom is -0.463 e. The van der Waals surface area contributed by atoms with Crippen molar-refractivity contribution in [3.63, 3.8) is 0 Å². The zero-order valence-corrected chi connectivity index (χ0v) is 28.6. The van der Waals surface area contributed by atoms with Crippen LogP contribution in [0.25, 0.3) is 0 Å². The van der Waals surface area contributed by atoms with E-state index >= 15 is 0 Å². The lowest BCUT2D eigenvalue weighted by atomic mass is 10.0.